The summed E-state index contributed by atoms with van der Waals surface area (Å²) in [6.45, 7) is 4.44. The van der Waals surface area contributed by atoms with Crippen LogP contribution in [0.4, 0.5) is 0 Å². The maximum atomic E-state index is 12.4. The zero-order valence-corrected chi connectivity index (χ0v) is 14.0. The monoisotopic (exact) mass is 324 g/mol. The van der Waals surface area contributed by atoms with Gasteiger partial charge in [0.15, 0.2) is 11.5 Å². The number of nitrogens with zero attached hydrogens (tertiary/aromatic N) is 1. The molecular formula is C19H20N2O3. The summed E-state index contributed by atoms with van der Waals surface area (Å²) in [5, 5.41) is 2.90. The quantitative estimate of drug-likeness (QED) is 0.773. The summed E-state index contributed by atoms with van der Waals surface area (Å²) in [5.41, 5.74) is 2.86. The standard InChI is InChI=1S/C19H20N2O3/c1-12(2)19-21-15-9-8-13(10-17(15)24-19)18(22)20-11-14-6-4-5-7-16(14)23-3/h4-10,12H,11H2,1-3H3,(H,20,22). The number of para-hydroxylation sites is 1. The van der Waals surface area contributed by atoms with E-state index in [2.05, 4.69) is 10.3 Å². The molecule has 1 aromatic heterocycles. The summed E-state index contributed by atoms with van der Waals surface area (Å²) < 4.78 is 11.0. The molecule has 0 unspecified atom stereocenters. The smallest absolute Gasteiger partial charge is 0.251 e. The number of hydrogen-bond acceptors (Lipinski definition) is 4. The van der Waals surface area contributed by atoms with Gasteiger partial charge in [-0.25, -0.2) is 4.98 Å². The Bertz CT molecular complexity index is 868. The SMILES string of the molecule is COc1ccccc1CNC(=O)c1ccc2nc(C(C)C)oc2c1. The number of methoxy groups -OCH3 is 1. The number of hydrogen-bond donors (Lipinski definition) is 1. The van der Waals surface area contributed by atoms with Gasteiger partial charge in [-0.2, -0.15) is 0 Å². The van der Waals surface area contributed by atoms with E-state index in [9.17, 15) is 4.79 Å². The van der Waals surface area contributed by atoms with Gasteiger partial charge in [0, 0.05) is 23.6 Å². The summed E-state index contributed by atoms with van der Waals surface area (Å²) >= 11 is 0. The van der Waals surface area contributed by atoms with Crippen molar-refractivity contribution in [3.8, 4) is 5.75 Å². The Morgan fingerprint density at radius 3 is 2.79 bits per heavy atom. The van der Waals surface area contributed by atoms with Crippen LogP contribution < -0.4 is 10.1 Å². The van der Waals surface area contributed by atoms with Crippen molar-refractivity contribution in [3.05, 3.63) is 59.5 Å². The van der Waals surface area contributed by atoms with Crippen molar-refractivity contribution >= 4 is 17.0 Å². The molecule has 0 spiro atoms. The van der Waals surface area contributed by atoms with Crippen LogP contribution in [0, 0.1) is 0 Å². The van der Waals surface area contributed by atoms with Gasteiger partial charge in [-0.05, 0) is 24.3 Å². The van der Waals surface area contributed by atoms with E-state index in [4.69, 9.17) is 9.15 Å². The zero-order valence-electron chi connectivity index (χ0n) is 14.0. The molecule has 1 amide bonds. The van der Waals surface area contributed by atoms with Gasteiger partial charge in [-0.1, -0.05) is 32.0 Å². The van der Waals surface area contributed by atoms with Crippen molar-refractivity contribution in [2.45, 2.75) is 26.3 Å². The van der Waals surface area contributed by atoms with E-state index in [1.165, 1.54) is 0 Å². The molecule has 0 saturated heterocycles. The van der Waals surface area contributed by atoms with Crippen molar-refractivity contribution in [1.29, 1.82) is 0 Å². The molecule has 0 saturated carbocycles. The minimum Gasteiger partial charge on any atom is -0.496 e. The largest absolute Gasteiger partial charge is 0.496 e. The fourth-order valence-electron chi connectivity index (χ4n) is 2.46. The molecule has 0 radical (unpaired) electrons. The molecule has 124 valence electrons. The van der Waals surface area contributed by atoms with Gasteiger partial charge >= 0.3 is 0 Å². The fourth-order valence-corrected chi connectivity index (χ4v) is 2.46. The number of rotatable bonds is 5. The second-order valence-corrected chi connectivity index (χ2v) is 5.88. The van der Waals surface area contributed by atoms with E-state index >= 15 is 0 Å². The number of oxazole rings is 1. The third kappa shape index (κ3) is 3.25. The maximum Gasteiger partial charge on any atom is 0.251 e. The Morgan fingerprint density at radius 2 is 2.04 bits per heavy atom. The Labute approximate surface area is 140 Å². The van der Waals surface area contributed by atoms with Gasteiger partial charge in [0.05, 0.1) is 7.11 Å². The predicted molar refractivity (Wildman–Crippen MR) is 92.3 cm³/mol. The van der Waals surface area contributed by atoms with E-state index in [1.54, 1.807) is 19.2 Å². The van der Waals surface area contributed by atoms with Gasteiger partial charge in [-0.15, -0.1) is 0 Å². The Hall–Kier alpha value is -2.82. The molecule has 5 heteroatoms. The van der Waals surface area contributed by atoms with Crippen molar-refractivity contribution in [3.63, 3.8) is 0 Å². The van der Waals surface area contributed by atoms with Gasteiger partial charge in [0.2, 0.25) is 0 Å². The van der Waals surface area contributed by atoms with Crippen LogP contribution in [0.15, 0.2) is 46.9 Å². The van der Waals surface area contributed by atoms with E-state index in [0.29, 0.717) is 23.6 Å². The van der Waals surface area contributed by atoms with Crippen molar-refractivity contribution < 1.29 is 13.9 Å². The maximum absolute atomic E-state index is 12.4. The molecular weight excluding hydrogens is 304 g/mol. The summed E-state index contributed by atoms with van der Waals surface area (Å²) in [6.07, 6.45) is 0. The highest BCUT2D eigenvalue weighted by Gasteiger charge is 2.13. The number of fused-ring (bicyclic) bond motifs is 1. The summed E-state index contributed by atoms with van der Waals surface area (Å²) in [6, 6.07) is 12.9. The van der Waals surface area contributed by atoms with Crippen LogP contribution in [-0.4, -0.2) is 18.0 Å². The number of aromatic nitrogens is 1. The molecule has 1 N–H and O–H groups in total. The van der Waals surface area contributed by atoms with Gasteiger partial charge in [0.25, 0.3) is 5.91 Å². The number of carbonyl (C=O) groups is 1. The lowest BCUT2D eigenvalue weighted by atomic mass is 10.1. The van der Waals surface area contributed by atoms with Crippen LogP contribution in [0.3, 0.4) is 0 Å². The second kappa shape index (κ2) is 6.74. The summed E-state index contributed by atoms with van der Waals surface area (Å²) in [5.74, 6) is 1.48. The first kappa shape index (κ1) is 16.1. The van der Waals surface area contributed by atoms with Crippen LogP contribution in [0.5, 0.6) is 5.75 Å². The number of amides is 1. The molecule has 0 fully saturated rings. The van der Waals surface area contributed by atoms with Crippen LogP contribution in [0.1, 0.15) is 41.6 Å². The third-order valence-electron chi connectivity index (χ3n) is 3.79. The lowest BCUT2D eigenvalue weighted by molar-refractivity contribution is 0.0950. The molecule has 0 atom stereocenters. The molecule has 3 rings (SSSR count). The van der Waals surface area contributed by atoms with Gasteiger partial charge in [-0.3, -0.25) is 4.79 Å². The first-order valence-corrected chi connectivity index (χ1v) is 7.89. The van der Waals surface area contributed by atoms with Crippen LogP contribution in [-0.2, 0) is 6.54 Å². The molecule has 5 nitrogen and oxygen atoms in total. The fraction of sp³-hybridized carbons (Fsp3) is 0.263. The highest BCUT2D eigenvalue weighted by atomic mass is 16.5. The normalized spacial score (nSPS) is 11.0. The lowest BCUT2D eigenvalue weighted by Crippen LogP contribution is -2.22. The topological polar surface area (TPSA) is 64.4 Å². The van der Waals surface area contributed by atoms with Crippen LogP contribution in [0.2, 0.25) is 0 Å². The molecule has 0 aliphatic carbocycles. The van der Waals surface area contributed by atoms with Crippen molar-refractivity contribution in [2.75, 3.05) is 7.11 Å². The molecule has 1 heterocycles. The first-order valence-electron chi connectivity index (χ1n) is 7.89. The minimum absolute atomic E-state index is 0.162. The predicted octanol–water partition coefficient (Wildman–Crippen LogP) is 3.89. The van der Waals surface area contributed by atoms with E-state index in [-0.39, 0.29) is 11.8 Å². The van der Waals surface area contributed by atoms with Crippen molar-refractivity contribution in [1.82, 2.24) is 10.3 Å². The summed E-state index contributed by atoms with van der Waals surface area (Å²) in [7, 11) is 1.62. The molecule has 24 heavy (non-hydrogen) atoms. The van der Waals surface area contributed by atoms with E-state index in [1.807, 2.05) is 44.2 Å². The third-order valence-corrected chi connectivity index (χ3v) is 3.79. The Kier molecular flexibility index (Phi) is 4.51. The van der Waals surface area contributed by atoms with Crippen LogP contribution in [0.25, 0.3) is 11.1 Å². The Morgan fingerprint density at radius 1 is 1.25 bits per heavy atom. The number of benzene rings is 2. The first-order chi connectivity index (χ1) is 11.6. The second-order valence-electron chi connectivity index (χ2n) is 5.88. The number of carbonyl (C=O) groups excluding carboxylic acids is 1. The summed E-state index contributed by atoms with van der Waals surface area (Å²) in [4.78, 5) is 16.8. The highest BCUT2D eigenvalue weighted by molar-refractivity contribution is 5.97. The zero-order chi connectivity index (χ0) is 17.1. The van der Waals surface area contributed by atoms with Gasteiger partial charge < -0.3 is 14.5 Å². The number of nitrogens with one attached hydrogen (secondary N) is 1. The number of ether oxygens (including phenoxy) is 1. The molecule has 0 aliphatic heterocycles. The lowest BCUT2D eigenvalue weighted by Gasteiger charge is -2.09. The molecule has 3 aromatic rings. The average Bonchev–Trinajstić information content (AvgIpc) is 3.03. The molecule has 0 bridgehead atoms. The Balaban J connectivity index is 1.76. The van der Waals surface area contributed by atoms with Crippen LogP contribution >= 0.6 is 0 Å². The van der Waals surface area contributed by atoms with Gasteiger partial charge in [0.1, 0.15) is 11.3 Å². The average molecular weight is 324 g/mol. The molecule has 0 aliphatic rings. The van der Waals surface area contributed by atoms with Crippen molar-refractivity contribution in [2.24, 2.45) is 0 Å². The van der Waals surface area contributed by atoms with E-state index in [0.717, 1.165) is 16.8 Å². The molecule has 2 aromatic carbocycles. The minimum atomic E-state index is -0.162. The van der Waals surface area contributed by atoms with E-state index < -0.39 is 0 Å². The highest BCUT2D eigenvalue weighted by Crippen LogP contribution is 2.22.